The van der Waals surface area contributed by atoms with Crippen LogP contribution in [0.3, 0.4) is 0 Å². The van der Waals surface area contributed by atoms with E-state index in [0.717, 1.165) is 23.7 Å². The van der Waals surface area contributed by atoms with E-state index in [1.54, 1.807) is 0 Å². The third kappa shape index (κ3) is 3.63. The Morgan fingerprint density at radius 2 is 1.95 bits per heavy atom. The van der Waals surface area contributed by atoms with Gasteiger partial charge in [-0.15, -0.1) is 10.2 Å². The molecular weight excluding hydrogens is 262 g/mol. The lowest BCUT2D eigenvalue weighted by Gasteiger charge is -2.21. The summed E-state index contributed by atoms with van der Waals surface area (Å²) in [6.07, 6.45) is 8.27. The van der Waals surface area contributed by atoms with E-state index in [9.17, 15) is 0 Å². The molecule has 1 aliphatic rings. The summed E-state index contributed by atoms with van der Waals surface area (Å²) in [7, 11) is 0. The van der Waals surface area contributed by atoms with E-state index in [4.69, 9.17) is 4.42 Å². The van der Waals surface area contributed by atoms with Crippen LogP contribution >= 0.6 is 0 Å². The molecule has 1 fully saturated rings. The minimum absolute atomic E-state index is 0.591. The maximum atomic E-state index is 5.54. The van der Waals surface area contributed by atoms with Crippen molar-refractivity contribution in [3.8, 4) is 11.5 Å². The molecule has 1 aliphatic carbocycles. The van der Waals surface area contributed by atoms with Gasteiger partial charge in [-0.05, 0) is 24.5 Å². The molecule has 1 N–H and O–H groups in total. The van der Waals surface area contributed by atoms with Gasteiger partial charge in [-0.1, -0.05) is 44.2 Å². The predicted molar refractivity (Wildman–Crippen MR) is 84.2 cm³/mol. The van der Waals surface area contributed by atoms with Gasteiger partial charge in [-0.3, -0.25) is 0 Å². The lowest BCUT2D eigenvalue weighted by molar-refractivity contribution is 0.345. The Kier molecular flexibility index (Phi) is 4.53. The molecule has 0 bridgehead atoms. The highest BCUT2D eigenvalue weighted by Crippen LogP contribution is 2.28. The molecule has 1 aromatic heterocycles. The molecule has 0 spiro atoms. The maximum Gasteiger partial charge on any atom is 0.249 e. The van der Waals surface area contributed by atoms with Crippen molar-refractivity contribution >= 4 is 5.69 Å². The second kappa shape index (κ2) is 6.74. The fourth-order valence-electron chi connectivity index (χ4n) is 3.12. The minimum Gasteiger partial charge on any atom is -0.421 e. The molecule has 1 heterocycles. The van der Waals surface area contributed by atoms with Crippen molar-refractivity contribution in [1.82, 2.24) is 10.2 Å². The molecule has 1 saturated carbocycles. The zero-order valence-corrected chi connectivity index (χ0v) is 12.6. The monoisotopic (exact) mass is 285 g/mol. The number of hydrogen-bond acceptors (Lipinski definition) is 4. The van der Waals surface area contributed by atoms with E-state index < -0.39 is 0 Å². The number of para-hydroxylation sites is 1. The number of aryl methyl sites for hydroxylation is 1. The van der Waals surface area contributed by atoms with Crippen molar-refractivity contribution in [3.63, 3.8) is 0 Å². The number of nitrogens with one attached hydrogen (secondary N) is 1. The molecule has 0 unspecified atom stereocenters. The highest BCUT2D eigenvalue weighted by molar-refractivity contribution is 5.72. The molecule has 3 rings (SSSR count). The van der Waals surface area contributed by atoms with Gasteiger partial charge in [-0.2, -0.15) is 0 Å². The lowest BCUT2D eigenvalue weighted by atomic mass is 9.87. The van der Waals surface area contributed by atoms with E-state index in [-0.39, 0.29) is 0 Å². The first-order valence-electron chi connectivity index (χ1n) is 7.96. The van der Waals surface area contributed by atoms with E-state index >= 15 is 0 Å². The predicted octanol–water partition coefficient (Wildman–Crippen LogP) is 4.43. The number of rotatable bonds is 5. The van der Waals surface area contributed by atoms with Crippen LogP contribution in [0.25, 0.3) is 11.5 Å². The van der Waals surface area contributed by atoms with Gasteiger partial charge in [0.05, 0.1) is 5.56 Å². The number of aromatic nitrogens is 2. The lowest BCUT2D eigenvalue weighted by Crippen LogP contribution is -2.12. The van der Waals surface area contributed by atoms with E-state index in [1.165, 1.54) is 38.5 Å². The zero-order chi connectivity index (χ0) is 14.5. The van der Waals surface area contributed by atoms with Crippen LogP contribution < -0.4 is 5.32 Å². The van der Waals surface area contributed by atoms with Crippen LogP contribution in [-0.4, -0.2) is 16.7 Å². The van der Waals surface area contributed by atoms with Crippen LogP contribution in [0.2, 0.25) is 0 Å². The average Bonchev–Trinajstić information content (AvgIpc) is 2.95. The highest BCUT2D eigenvalue weighted by Gasteiger charge is 2.14. The second-order valence-corrected chi connectivity index (χ2v) is 5.89. The van der Waals surface area contributed by atoms with Crippen LogP contribution in [0, 0.1) is 12.8 Å². The molecule has 0 radical (unpaired) electrons. The Balaban J connectivity index is 1.62. The maximum absolute atomic E-state index is 5.54. The number of nitrogens with zero attached hydrogens (tertiary/aromatic N) is 2. The fraction of sp³-hybridized carbons (Fsp3) is 0.529. The summed E-state index contributed by atoms with van der Waals surface area (Å²) in [5, 5.41) is 11.6. The molecule has 4 heteroatoms. The molecule has 21 heavy (non-hydrogen) atoms. The summed E-state index contributed by atoms with van der Waals surface area (Å²) in [4.78, 5) is 0. The molecule has 4 nitrogen and oxygen atoms in total. The summed E-state index contributed by atoms with van der Waals surface area (Å²) in [5.74, 6) is 2.08. The summed E-state index contributed by atoms with van der Waals surface area (Å²) in [6, 6.07) is 8.14. The normalized spacial score (nSPS) is 16.0. The Morgan fingerprint density at radius 3 is 2.71 bits per heavy atom. The number of anilines is 1. The molecule has 112 valence electrons. The van der Waals surface area contributed by atoms with Crippen molar-refractivity contribution in [2.24, 2.45) is 5.92 Å². The Hall–Kier alpha value is -1.84. The second-order valence-electron chi connectivity index (χ2n) is 5.89. The largest absolute Gasteiger partial charge is 0.421 e. The zero-order valence-electron chi connectivity index (χ0n) is 12.6. The molecular formula is C17H23N3O. The van der Waals surface area contributed by atoms with Gasteiger partial charge < -0.3 is 9.73 Å². The minimum atomic E-state index is 0.591. The van der Waals surface area contributed by atoms with E-state index in [1.807, 2.05) is 25.1 Å². The van der Waals surface area contributed by atoms with Gasteiger partial charge in [0, 0.05) is 19.2 Å². The Morgan fingerprint density at radius 1 is 1.14 bits per heavy atom. The average molecular weight is 285 g/mol. The smallest absolute Gasteiger partial charge is 0.249 e. The van der Waals surface area contributed by atoms with Crippen LogP contribution in [0.15, 0.2) is 28.7 Å². The van der Waals surface area contributed by atoms with Gasteiger partial charge in [0.15, 0.2) is 0 Å². The standard InChI is InChI=1S/C17H23N3O/c1-13-19-20-17(21-13)15-9-5-6-10-16(15)18-12-11-14-7-3-2-4-8-14/h5-6,9-10,14,18H,2-4,7-8,11-12H2,1H3. The SMILES string of the molecule is Cc1nnc(-c2ccccc2NCCC2CCCCC2)o1. The fourth-order valence-corrected chi connectivity index (χ4v) is 3.12. The van der Waals surface area contributed by atoms with Crippen molar-refractivity contribution in [3.05, 3.63) is 30.2 Å². The summed E-state index contributed by atoms with van der Waals surface area (Å²) >= 11 is 0. The van der Waals surface area contributed by atoms with E-state index in [2.05, 4.69) is 21.6 Å². The van der Waals surface area contributed by atoms with Crippen molar-refractivity contribution in [1.29, 1.82) is 0 Å². The van der Waals surface area contributed by atoms with Gasteiger partial charge in [0.1, 0.15) is 0 Å². The summed E-state index contributed by atoms with van der Waals surface area (Å²) in [5.41, 5.74) is 2.07. The van der Waals surface area contributed by atoms with Crippen molar-refractivity contribution < 1.29 is 4.42 Å². The summed E-state index contributed by atoms with van der Waals surface area (Å²) in [6.45, 7) is 2.82. The Labute approximate surface area is 126 Å². The molecule has 0 amide bonds. The highest BCUT2D eigenvalue weighted by atomic mass is 16.4. The third-order valence-corrected chi connectivity index (χ3v) is 4.28. The Bertz CT molecular complexity index is 573. The van der Waals surface area contributed by atoms with Crippen LogP contribution in [0.1, 0.15) is 44.4 Å². The van der Waals surface area contributed by atoms with Crippen LogP contribution in [0.4, 0.5) is 5.69 Å². The van der Waals surface area contributed by atoms with Crippen molar-refractivity contribution in [2.75, 3.05) is 11.9 Å². The molecule has 2 aromatic rings. The van der Waals surface area contributed by atoms with Crippen LogP contribution in [0.5, 0.6) is 0 Å². The number of benzene rings is 1. The molecule has 0 saturated heterocycles. The van der Waals surface area contributed by atoms with Gasteiger partial charge in [0.25, 0.3) is 0 Å². The van der Waals surface area contributed by atoms with Gasteiger partial charge in [0.2, 0.25) is 11.8 Å². The van der Waals surface area contributed by atoms with E-state index in [0.29, 0.717) is 11.8 Å². The molecule has 0 aliphatic heterocycles. The summed E-state index contributed by atoms with van der Waals surface area (Å²) < 4.78 is 5.54. The van der Waals surface area contributed by atoms with Gasteiger partial charge in [-0.25, -0.2) is 0 Å². The molecule has 1 aromatic carbocycles. The topological polar surface area (TPSA) is 51.0 Å². The molecule has 0 atom stereocenters. The third-order valence-electron chi connectivity index (χ3n) is 4.28. The van der Waals surface area contributed by atoms with Crippen LogP contribution in [-0.2, 0) is 0 Å². The first kappa shape index (κ1) is 14.1. The first-order chi connectivity index (χ1) is 10.3. The van der Waals surface area contributed by atoms with Crippen molar-refractivity contribution in [2.45, 2.75) is 45.4 Å². The first-order valence-corrected chi connectivity index (χ1v) is 7.96. The number of hydrogen-bond donors (Lipinski definition) is 1. The van der Waals surface area contributed by atoms with Gasteiger partial charge >= 0.3 is 0 Å². The quantitative estimate of drug-likeness (QED) is 0.883.